The van der Waals surface area contributed by atoms with Gasteiger partial charge in [0.25, 0.3) is 5.69 Å². The Morgan fingerprint density at radius 1 is 0.933 bits per heavy atom. The number of imidazole rings is 1. The Bertz CT molecular complexity index is 1200. The molecule has 0 aliphatic rings. The van der Waals surface area contributed by atoms with Gasteiger partial charge in [0.1, 0.15) is 5.82 Å². The van der Waals surface area contributed by atoms with Crippen LogP contribution in [0.4, 0.5) is 5.69 Å². The first kappa shape index (κ1) is 19.9. The maximum Gasteiger partial charge on any atom is 0.269 e. The number of nitrogens with zero attached hydrogens (tertiary/aromatic N) is 5. The Morgan fingerprint density at radius 3 is 2.23 bits per heavy atom. The zero-order valence-corrected chi connectivity index (χ0v) is 17.4. The largest absolute Gasteiger partial charge is 0.304 e. The third-order valence-electron chi connectivity index (χ3n) is 5.38. The Kier molecular flexibility index (Phi) is 5.44. The van der Waals surface area contributed by atoms with E-state index in [4.69, 9.17) is 15.0 Å². The van der Waals surface area contributed by atoms with Gasteiger partial charge in [-0.2, -0.15) is 0 Å². The van der Waals surface area contributed by atoms with Crippen LogP contribution in [0.15, 0.2) is 48.5 Å². The van der Waals surface area contributed by atoms with Crippen molar-refractivity contribution in [2.75, 3.05) is 0 Å². The van der Waals surface area contributed by atoms with E-state index in [1.54, 1.807) is 12.1 Å². The summed E-state index contributed by atoms with van der Waals surface area (Å²) in [5.74, 6) is 1.40. The van der Waals surface area contributed by atoms with Crippen LogP contribution in [0, 0.1) is 16.0 Å². The van der Waals surface area contributed by atoms with Gasteiger partial charge >= 0.3 is 0 Å². The molecule has 1 unspecified atom stereocenters. The van der Waals surface area contributed by atoms with Gasteiger partial charge in [-0.1, -0.05) is 38.8 Å². The van der Waals surface area contributed by atoms with Crippen LogP contribution in [0.5, 0.6) is 0 Å². The topological polar surface area (TPSA) is 86.7 Å². The fourth-order valence-electron chi connectivity index (χ4n) is 3.78. The van der Waals surface area contributed by atoms with Crippen LogP contribution in [0.3, 0.4) is 0 Å². The lowest BCUT2D eigenvalue weighted by molar-refractivity contribution is -0.384. The highest BCUT2D eigenvalue weighted by Crippen LogP contribution is 2.31. The molecule has 0 fully saturated rings. The van der Waals surface area contributed by atoms with E-state index in [1.165, 1.54) is 18.6 Å². The van der Waals surface area contributed by atoms with Crippen molar-refractivity contribution in [1.82, 2.24) is 19.5 Å². The predicted molar refractivity (Wildman–Crippen MR) is 118 cm³/mol. The molecule has 7 heteroatoms. The maximum atomic E-state index is 11.0. The predicted octanol–water partition coefficient (Wildman–Crippen LogP) is 5.94. The number of rotatable bonds is 7. The molecular weight excluding hydrogens is 378 g/mol. The molecule has 0 N–H and O–H groups in total. The summed E-state index contributed by atoms with van der Waals surface area (Å²) in [7, 11) is 0. The van der Waals surface area contributed by atoms with E-state index in [-0.39, 0.29) is 11.7 Å². The van der Waals surface area contributed by atoms with Crippen molar-refractivity contribution in [3.05, 3.63) is 58.6 Å². The zero-order chi connectivity index (χ0) is 21.3. The highest BCUT2D eigenvalue weighted by atomic mass is 16.6. The second-order valence-electron chi connectivity index (χ2n) is 8.14. The van der Waals surface area contributed by atoms with Gasteiger partial charge in [-0.25, -0.2) is 15.0 Å². The molecule has 0 aliphatic carbocycles. The van der Waals surface area contributed by atoms with E-state index in [9.17, 15) is 10.1 Å². The molecule has 7 nitrogen and oxygen atoms in total. The molecule has 2 heterocycles. The van der Waals surface area contributed by atoms with Crippen molar-refractivity contribution >= 4 is 28.0 Å². The second kappa shape index (κ2) is 8.18. The Morgan fingerprint density at radius 2 is 1.60 bits per heavy atom. The minimum absolute atomic E-state index is 0.0633. The summed E-state index contributed by atoms with van der Waals surface area (Å²) in [5, 5.41) is 11.0. The standard InChI is InChI=1S/C23H25N5O2/c1-15(2)7-6-8-16(3)27-22(17-11-13-18(14-12-17)28(29)30)26-21-23(27)25-20-10-5-4-9-19(20)24-21/h4-5,9-16H,6-8H2,1-3H3. The van der Waals surface area contributed by atoms with Crippen LogP contribution < -0.4 is 0 Å². The number of non-ortho nitro benzene ring substituents is 1. The van der Waals surface area contributed by atoms with Gasteiger partial charge < -0.3 is 4.57 Å². The number of fused-ring (bicyclic) bond motifs is 2. The van der Waals surface area contributed by atoms with Gasteiger partial charge in [0.05, 0.1) is 16.0 Å². The number of aromatic nitrogens is 4. The quantitative estimate of drug-likeness (QED) is 0.281. The van der Waals surface area contributed by atoms with Crippen molar-refractivity contribution in [1.29, 1.82) is 0 Å². The van der Waals surface area contributed by atoms with Crippen molar-refractivity contribution in [3.8, 4) is 11.4 Å². The SMILES string of the molecule is CC(C)CCCC(C)n1c(-c2ccc([N+](=O)[O-])cc2)nc2nc3ccccc3nc21. The normalized spacial score (nSPS) is 12.7. The summed E-state index contributed by atoms with van der Waals surface area (Å²) in [4.78, 5) is 25.0. The molecule has 4 aromatic rings. The summed E-state index contributed by atoms with van der Waals surface area (Å²) in [6, 6.07) is 14.5. The van der Waals surface area contributed by atoms with Crippen LogP contribution in [-0.2, 0) is 0 Å². The first-order valence-corrected chi connectivity index (χ1v) is 10.3. The monoisotopic (exact) mass is 403 g/mol. The van der Waals surface area contributed by atoms with Crippen LogP contribution in [0.1, 0.15) is 46.1 Å². The van der Waals surface area contributed by atoms with E-state index >= 15 is 0 Å². The zero-order valence-electron chi connectivity index (χ0n) is 17.4. The molecule has 0 spiro atoms. The van der Waals surface area contributed by atoms with E-state index in [0.29, 0.717) is 11.6 Å². The van der Waals surface area contributed by atoms with E-state index in [1.807, 2.05) is 24.3 Å². The van der Waals surface area contributed by atoms with Crippen LogP contribution in [-0.4, -0.2) is 24.4 Å². The molecule has 0 radical (unpaired) electrons. The van der Waals surface area contributed by atoms with Crippen molar-refractivity contribution < 1.29 is 4.92 Å². The lowest BCUT2D eigenvalue weighted by atomic mass is 10.0. The maximum absolute atomic E-state index is 11.0. The Balaban J connectivity index is 1.84. The molecule has 0 amide bonds. The Hall–Kier alpha value is -3.35. The van der Waals surface area contributed by atoms with Gasteiger partial charge in [0.15, 0.2) is 11.3 Å². The second-order valence-corrected chi connectivity index (χ2v) is 8.14. The molecule has 0 aliphatic heterocycles. The molecule has 4 rings (SSSR count). The molecule has 2 aromatic carbocycles. The number of hydrogen-bond acceptors (Lipinski definition) is 5. The van der Waals surface area contributed by atoms with Crippen molar-refractivity contribution in [2.45, 2.75) is 46.1 Å². The lowest BCUT2D eigenvalue weighted by Crippen LogP contribution is -2.08. The van der Waals surface area contributed by atoms with Crippen molar-refractivity contribution in [3.63, 3.8) is 0 Å². The van der Waals surface area contributed by atoms with Crippen LogP contribution in [0.2, 0.25) is 0 Å². The first-order chi connectivity index (χ1) is 14.4. The van der Waals surface area contributed by atoms with Gasteiger partial charge in [0, 0.05) is 23.7 Å². The van der Waals surface area contributed by atoms with E-state index in [2.05, 4.69) is 25.3 Å². The number of nitro groups is 1. The number of benzene rings is 2. The fraction of sp³-hybridized carbons (Fsp3) is 0.348. The highest BCUT2D eigenvalue weighted by molar-refractivity contribution is 5.85. The number of nitro benzene ring substituents is 1. The summed E-state index contributed by atoms with van der Waals surface area (Å²) in [6.07, 6.45) is 3.27. The third-order valence-corrected chi connectivity index (χ3v) is 5.38. The first-order valence-electron chi connectivity index (χ1n) is 10.3. The molecule has 0 saturated heterocycles. The molecule has 0 bridgehead atoms. The van der Waals surface area contributed by atoms with Gasteiger partial charge in [0.2, 0.25) is 0 Å². The lowest BCUT2D eigenvalue weighted by Gasteiger charge is -2.18. The summed E-state index contributed by atoms with van der Waals surface area (Å²) in [6.45, 7) is 6.64. The molecular formula is C23H25N5O2. The summed E-state index contributed by atoms with van der Waals surface area (Å²) in [5.41, 5.74) is 3.86. The molecule has 2 aromatic heterocycles. The summed E-state index contributed by atoms with van der Waals surface area (Å²) < 4.78 is 2.14. The van der Waals surface area contributed by atoms with Gasteiger partial charge in [-0.15, -0.1) is 0 Å². The highest BCUT2D eigenvalue weighted by Gasteiger charge is 2.20. The Labute approximate surface area is 175 Å². The summed E-state index contributed by atoms with van der Waals surface area (Å²) >= 11 is 0. The van der Waals surface area contributed by atoms with Crippen molar-refractivity contribution in [2.24, 2.45) is 5.92 Å². The smallest absolute Gasteiger partial charge is 0.269 e. The number of hydrogen-bond donors (Lipinski definition) is 0. The van der Waals surface area contributed by atoms with E-state index in [0.717, 1.165) is 40.9 Å². The average Bonchev–Trinajstić information content (AvgIpc) is 3.10. The molecule has 30 heavy (non-hydrogen) atoms. The molecule has 1 atom stereocenters. The minimum atomic E-state index is -0.392. The number of para-hydroxylation sites is 2. The van der Waals surface area contributed by atoms with Gasteiger partial charge in [-0.05, 0) is 43.5 Å². The minimum Gasteiger partial charge on any atom is -0.304 e. The average molecular weight is 403 g/mol. The third kappa shape index (κ3) is 3.87. The van der Waals surface area contributed by atoms with Gasteiger partial charge in [-0.3, -0.25) is 10.1 Å². The molecule has 0 saturated carbocycles. The van der Waals surface area contributed by atoms with Crippen LogP contribution in [0.25, 0.3) is 33.7 Å². The molecule has 154 valence electrons. The van der Waals surface area contributed by atoms with Crippen LogP contribution >= 0.6 is 0 Å². The van der Waals surface area contributed by atoms with E-state index < -0.39 is 4.92 Å². The fourth-order valence-corrected chi connectivity index (χ4v) is 3.78.